The fraction of sp³-hybridized carbons (Fsp3) is 0.765. The highest BCUT2D eigenvalue weighted by Crippen LogP contribution is 2.15. The van der Waals surface area contributed by atoms with Gasteiger partial charge in [0.05, 0.1) is 5.69 Å². The van der Waals surface area contributed by atoms with Gasteiger partial charge >= 0.3 is 0 Å². The van der Waals surface area contributed by atoms with E-state index in [2.05, 4.69) is 41.5 Å². The van der Waals surface area contributed by atoms with E-state index in [1.807, 2.05) is 18.8 Å². The number of aromatic nitrogens is 2. The maximum Gasteiger partial charge on any atom is 0.191 e. The SMILES string of the molecule is CCCCCCNC(=NC)NCc1c(CC)nn(C)c1CC.I. The van der Waals surface area contributed by atoms with Gasteiger partial charge in [0.2, 0.25) is 0 Å². The lowest BCUT2D eigenvalue weighted by Gasteiger charge is -2.13. The molecule has 0 fully saturated rings. The molecule has 0 unspecified atom stereocenters. The van der Waals surface area contributed by atoms with Gasteiger partial charge in [0.1, 0.15) is 0 Å². The van der Waals surface area contributed by atoms with E-state index < -0.39 is 0 Å². The maximum absolute atomic E-state index is 4.62. The van der Waals surface area contributed by atoms with Gasteiger partial charge in [0, 0.05) is 38.4 Å². The standard InChI is InChI=1S/C17H33N5.HI/c1-6-9-10-11-12-19-17(18-4)20-13-14-15(7-2)21-22(5)16(14)8-3;/h6-13H2,1-5H3,(H2,18,19,20);1H. The van der Waals surface area contributed by atoms with E-state index >= 15 is 0 Å². The van der Waals surface area contributed by atoms with E-state index in [0.717, 1.165) is 31.9 Å². The van der Waals surface area contributed by atoms with Gasteiger partial charge in [-0.05, 0) is 19.3 Å². The Morgan fingerprint density at radius 3 is 2.39 bits per heavy atom. The number of unbranched alkanes of at least 4 members (excludes halogenated alkanes) is 3. The molecule has 0 atom stereocenters. The van der Waals surface area contributed by atoms with Crippen LogP contribution in [-0.4, -0.2) is 29.3 Å². The topological polar surface area (TPSA) is 54.2 Å². The third kappa shape index (κ3) is 7.10. The molecule has 0 saturated heterocycles. The number of nitrogens with one attached hydrogen (secondary N) is 2. The Labute approximate surface area is 158 Å². The zero-order valence-corrected chi connectivity index (χ0v) is 17.7. The van der Waals surface area contributed by atoms with Crippen molar-refractivity contribution in [3.05, 3.63) is 17.0 Å². The smallest absolute Gasteiger partial charge is 0.191 e. The second-order valence-electron chi connectivity index (χ2n) is 5.62. The van der Waals surface area contributed by atoms with Gasteiger partial charge in [-0.15, -0.1) is 24.0 Å². The van der Waals surface area contributed by atoms with Crippen LogP contribution in [0.2, 0.25) is 0 Å². The Balaban J connectivity index is 0.00000484. The van der Waals surface area contributed by atoms with Crippen LogP contribution in [0, 0.1) is 0 Å². The molecule has 0 aliphatic heterocycles. The molecular formula is C17H34IN5. The van der Waals surface area contributed by atoms with Gasteiger partial charge < -0.3 is 10.6 Å². The lowest BCUT2D eigenvalue weighted by atomic mass is 10.1. The third-order valence-corrected chi connectivity index (χ3v) is 4.01. The number of rotatable bonds is 9. The highest BCUT2D eigenvalue weighted by molar-refractivity contribution is 14.0. The van der Waals surface area contributed by atoms with Crippen LogP contribution in [0.3, 0.4) is 0 Å². The van der Waals surface area contributed by atoms with Crippen LogP contribution in [0.15, 0.2) is 4.99 Å². The van der Waals surface area contributed by atoms with Crippen molar-refractivity contribution in [3.8, 4) is 0 Å². The summed E-state index contributed by atoms with van der Waals surface area (Å²) in [6.07, 6.45) is 7.03. The Hall–Kier alpha value is -0.790. The second-order valence-corrected chi connectivity index (χ2v) is 5.62. The van der Waals surface area contributed by atoms with Crippen molar-refractivity contribution < 1.29 is 0 Å². The lowest BCUT2D eigenvalue weighted by molar-refractivity contribution is 0.646. The predicted octanol–water partition coefficient (Wildman–Crippen LogP) is 3.41. The van der Waals surface area contributed by atoms with Gasteiger partial charge in [-0.2, -0.15) is 5.10 Å². The summed E-state index contributed by atoms with van der Waals surface area (Å²) >= 11 is 0. The molecule has 1 aromatic heterocycles. The zero-order chi connectivity index (χ0) is 16.4. The molecule has 1 rings (SSSR count). The number of aryl methyl sites for hydroxylation is 2. The molecule has 23 heavy (non-hydrogen) atoms. The molecule has 0 amide bonds. The van der Waals surface area contributed by atoms with Gasteiger partial charge in [-0.25, -0.2) is 0 Å². The monoisotopic (exact) mass is 435 g/mol. The molecule has 0 saturated carbocycles. The molecule has 2 N–H and O–H groups in total. The van der Waals surface area contributed by atoms with Crippen LogP contribution in [0.4, 0.5) is 0 Å². The van der Waals surface area contributed by atoms with Crippen molar-refractivity contribution in [1.82, 2.24) is 20.4 Å². The van der Waals surface area contributed by atoms with E-state index in [9.17, 15) is 0 Å². The van der Waals surface area contributed by atoms with E-state index in [1.54, 1.807) is 0 Å². The van der Waals surface area contributed by atoms with Crippen molar-refractivity contribution in [2.24, 2.45) is 12.0 Å². The molecule has 0 spiro atoms. The van der Waals surface area contributed by atoms with Crippen LogP contribution in [-0.2, 0) is 26.4 Å². The Morgan fingerprint density at radius 1 is 1.09 bits per heavy atom. The molecule has 1 heterocycles. The fourth-order valence-corrected chi connectivity index (χ4v) is 2.75. The number of aliphatic imine (C=N–C) groups is 1. The summed E-state index contributed by atoms with van der Waals surface area (Å²) in [6.45, 7) is 8.34. The van der Waals surface area contributed by atoms with E-state index in [0.29, 0.717) is 0 Å². The summed E-state index contributed by atoms with van der Waals surface area (Å²) in [6, 6.07) is 0. The minimum absolute atomic E-state index is 0. The molecule has 0 aliphatic rings. The van der Waals surface area contributed by atoms with Crippen molar-refractivity contribution >= 4 is 29.9 Å². The average molecular weight is 435 g/mol. The molecule has 1 aromatic rings. The average Bonchev–Trinajstić information content (AvgIpc) is 2.85. The Morgan fingerprint density at radius 2 is 1.83 bits per heavy atom. The van der Waals surface area contributed by atoms with E-state index in [1.165, 1.54) is 42.6 Å². The van der Waals surface area contributed by atoms with Crippen LogP contribution in [0.25, 0.3) is 0 Å². The molecule has 0 aromatic carbocycles. The molecule has 0 radical (unpaired) electrons. The van der Waals surface area contributed by atoms with Crippen molar-refractivity contribution in [2.75, 3.05) is 13.6 Å². The van der Waals surface area contributed by atoms with Crippen molar-refractivity contribution in [2.45, 2.75) is 65.8 Å². The van der Waals surface area contributed by atoms with E-state index in [-0.39, 0.29) is 24.0 Å². The number of halogens is 1. The van der Waals surface area contributed by atoms with Crippen LogP contribution < -0.4 is 10.6 Å². The minimum atomic E-state index is 0. The molecule has 134 valence electrons. The first-order valence-electron chi connectivity index (χ1n) is 8.65. The molecule has 5 nitrogen and oxygen atoms in total. The number of guanidine groups is 1. The normalized spacial score (nSPS) is 11.3. The summed E-state index contributed by atoms with van der Waals surface area (Å²) in [7, 11) is 3.86. The van der Waals surface area contributed by atoms with Crippen LogP contribution in [0.1, 0.15) is 63.4 Å². The van der Waals surface area contributed by atoms with Crippen LogP contribution >= 0.6 is 24.0 Å². The first kappa shape index (κ1) is 22.2. The summed E-state index contributed by atoms with van der Waals surface area (Å²) < 4.78 is 2.01. The first-order valence-corrected chi connectivity index (χ1v) is 8.65. The van der Waals surface area contributed by atoms with E-state index in [4.69, 9.17) is 0 Å². The highest BCUT2D eigenvalue weighted by atomic mass is 127. The molecular weight excluding hydrogens is 401 g/mol. The maximum atomic E-state index is 4.62. The minimum Gasteiger partial charge on any atom is -0.356 e. The van der Waals surface area contributed by atoms with Gasteiger partial charge in [0.25, 0.3) is 0 Å². The van der Waals surface area contributed by atoms with Gasteiger partial charge in [-0.1, -0.05) is 40.0 Å². The molecule has 0 aliphatic carbocycles. The number of nitrogens with zero attached hydrogens (tertiary/aromatic N) is 3. The second kappa shape index (κ2) is 12.6. The Bertz CT molecular complexity index is 468. The number of hydrogen-bond acceptors (Lipinski definition) is 2. The lowest BCUT2D eigenvalue weighted by Crippen LogP contribution is -2.37. The molecule has 6 heteroatoms. The predicted molar refractivity (Wildman–Crippen MR) is 110 cm³/mol. The van der Waals surface area contributed by atoms with Crippen LogP contribution in [0.5, 0.6) is 0 Å². The fourth-order valence-electron chi connectivity index (χ4n) is 2.75. The van der Waals surface area contributed by atoms with Gasteiger partial charge in [-0.3, -0.25) is 9.67 Å². The summed E-state index contributed by atoms with van der Waals surface area (Å²) in [5, 5.41) is 11.4. The third-order valence-electron chi connectivity index (χ3n) is 4.01. The highest BCUT2D eigenvalue weighted by Gasteiger charge is 2.13. The van der Waals surface area contributed by atoms with Gasteiger partial charge in [0.15, 0.2) is 5.96 Å². The summed E-state index contributed by atoms with van der Waals surface area (Å²) in [5.74, 6) is 0.879. The van der Waals surface area contributed by atoms with Crippen molar-refractivity contribution in [1.29, 1.82) is 0 Å². The quantitative estimate of drug-likeness (QED) is 0.271. The number of hydrogen-bond donors (Lipinski definition) is 2. The molecule has 0 bridgehead atoms. The summed E-state index contributed by atoms with van der Waals surface area (Å²) in [4.78, 5) is 4.31. The largest absolute Gasteiger partial charge is 0.356 e. The Kier molecular flexibility index (Phi) is 12.2. The van der Waals surface area contributed by atoms with Crippen molar-refractivity contribution in [3.63, 3.8) is 0 Å². The summed E-state index contributed by atoms with van der Waals surface area (Å²) in [5.41, 5.74) is 3.81. The zero-order valence-electron chi connectivity index (χ0n) is 15.4. The first-order chi connectivity index (χ1) is 10.7.